The number of aromatic nitrogens is 1. The smallest absolute Gasteiger partial charge is 0.263 e. The maximum atomic E-state index is 13.0. The Morgan fingerprint density at radius 1 is 1.08 bits per heavy atom. The Morgan fingerprint density at radius 2 is 1.84 bits per heavy atom. The lowest BCUT2D eigenvalue weighted by Crippen LogP contribution is -2.29. The van der Waals surface area contributed by atoms with Crippen LogP contribution in [0.5, 0.6) is 0 Å². The van der Waals surface area contributed by atoms with Crippen molar-refractivity contribution < 1.29 is 9.18 Å². The molecule has 1 aromatic heterocycles. The Kier molecular flexibility index (Phi) is 4.95. The van der Waals surface area contributed by atoms with Crippen molar-refractivity contribution in [2.45, 2.75) is 6.54 Å². The van der Waals surface area contributed by atoms with Crippen molar-refractivity contribution in [1.29, 1.82) is 0 Å². The second kappa shape index (κ2) is 7.32. The lowest BCUT2D eigenvalue weighted by atomic mass is 10.2. The summed E-state index contributed by atoms with van der Waals surface area (Å²) in [5, 5.41) is 3.14. The summed E-state index contributed by atoms with van der Waals surface area (Å²) in [6, 6.07) is 15.6. The molecule has 1 heterocycles. The van der Waals surface area contributed by atoms with Crippen LogP contribution in [0.4, 0.5) is 10.1 Å². The molecule has 6 heteroatoms. The van der Waals surface area contributed by atoms with E-state index in [1.807, 2.05) is 0 Å². The van der Waals surface area contributed by atoms with Crippen molar-refractivity contribution in [1.82, 2.24) is 4.57 Å². The Balaban J connectivity index is 1.84. The fourth-order valence-electron chi connectivity index (χ4n) is 2.39. The van der Waals surface area contributed by atoms with Gasteiger partial charge in [-0.15, -0.1) is 0 Å². The molecule has 0 spiro atoms. The van der Waals surface area contributed by atoms with Crippen LogP contribution in [0.2, 0.25) is 5.02 Å². The fourth-order valence-corrected chi connectivity index (χ4v) is 2.58. The molecule has 0 atom stereocenters. The van der Waals surface area contributed by atoms with Crippen LogP contribution in [0.25, 0.3) is 0 Å². The van der Waals surface area contributed by atoms with Crippen LogP contribution in [-0.4, -0.2) is 10.5 Å². The molecular weight excluding hydrogens is 343 g/mol. The molecule has 0 saturated carbocycles. The predicted octanol–water partition coefficient (Wildman–Crippen LogP) is 3.94. The molecule has 3 aromatic rings. The maximum absolute atomic E-state index is 13.0. The molecule has 0 saturated heterocycles. The molecule has 25 heavy (non-hydrogen) atoms. The minimum atomic E-state index is -0.513. The lowest BCUT2D eigenvalue weighted by Gasteiger charge is -2.09. The van der Waals surface area contributed by atoms with Crippen molar-refractivity contribution >= 4 is 23.2 Å². The number of halogens is 2. The topological polar surface area (TPSA) is 51.1 Å². The molecule has 1 N–H and O–H groups in total. The molecule has 0 aliphatic rings. The SMILES string of the molecule is O=C(Nc1cccc(Cl)c1)c1cccn(Cc2ccc(F)cc2)c1=O. The van der Waals surface area contributed by atoms with Crippen molar-refractivity contribution in [3.63, 3.8) is 0 Å². The number of nitrogens with zero attached hydrogens (tertiary/aromatic N) is 1. The summed E-state index contributed by atoms with van der Waals surface area (Å²) in [4.78, 5) is 24.9. The van der Waals surface area contributed by atoms with Gasteiger partial charge in [0, 0.05) is 16.9 Å². The van der Waals surface area contributed by atoms with Gasteiger partial charge in [-0.1, -0.05) is 29.8 Å². The maximum Gasteiger partial charge on any atom is 0.263 e. The Labute approximate surface area is 148 Å². The minimum Gasteiger partial charge on any atom is -0.322 e. The highest BCUT2D eigenvalue weighted by molar-refractivity contribution is 6.30. The number of anilines is 1. The van der Waals surface area contributed by atoms with E-state index in [0.29, 0.717) is 10.7 Å². The third-order valence-corrected chi connectivity index (χ3v) is 3.85. The van der Waals surface area contributed by atoms with Gasteiger partial charge in [0.05, 0.1) is 6.54 Å². The second-order valence-electron chi connectivity index (χ2n) is 5.45. The minimum absolute atomic E-state index is 0.0181. The quantitative estimate of drug-likeness (QED) is 0.769. The van der Waals surface area contributed by atoms with Crippen LogP contribution in [0.3, 0.4) is 0 Å². The summed E-state index contributed by atoms with van der Waals surface area (Å²) >= 11 is 5.89. The average Bonchev–Trinajstić information content (AvgIpc) is 2.58. The van der Waals surface area contributed by atoms with E-state index in [4.69, 9.17) is 11.6 Å². The van der Waals surface area contributed by atoms with E-state index in [-0.39, 0.29) is 17.9 Å². The van der Waals surface area contributed by atoms with E-state index in [9.17, 15) is 14.0 Å². The molecule has 0 unspecified atom stereocenters. The van der Waals surface area contributed by atoms with E-state index >= 15 is 0 Å². The summed E-state index contributed by atoms with van der Waals surface area (Å²) in [6.07, 6.45) is 1.59. The molecule has 4 nitrogen and oxygen atoms in total. The van der Waals surface area contributed by atoms with Gasteiger partial charge in [0.1, 0.15) is 11.4 Å². The van der Waals surface area contributed by atoms with Crippen LogP contribution in [-0.2, 0) is 6.54 Å². The van der Waals surface area contributed by atoms with E-state index < -0.39 is 11.5 Å². The number of rotatable bonds is 4. The Morgan fingerprint density at radius 3 is 2.56 bits per heavy atom. The number of nitrogens with one attached hydrogen (secondary N) is 1. The Hall–Kier alpha value is -2.92. The number of carbonyl (C=O) groups is 1. The number of pyridine rings is 1. The largest absolute Gasteiger partial charge is 0.322 e. The number of benzene rings is 2. The number of amides is 1. The van der Waals surface area contributed by atoms with Gasteiger partial charge in [0.2, 0.25) is 0 Å². The first-order chi connectivity index (χ1) is 12.0. The van der Waals surface area contributed by atoms with Crippen LogP contribution in [0.1, 0.15) is 15.9 Å². The molecular formula is C19H14ClFN2O2. The first-order valence-electron chi connectivity index (χ1n) is 7.54. The highest BCUT2D eigenvalue weighted by atomic mass is 35.5. The second-order valence-corrected chi connectivity index (χ2v) is 5.88. The zero-order valence-electron chi connectivity index (χ0n) is 13.1. The zero-order chi connectivity index (χ0) is 17.8. The van der Waals surface area contributed by atoms with Crippen LogP contribution in [0.15, 0.2) is 71.7 Å². The van der Waals surface area contributed by atoms with Gasteiger partial charge in [-0.05, 0) is 48.0 Å². The van der Waals surface area contributed by atoms with Gasteiger partial charge < -0.3 is 9.88 Å². The molecule has 2 aromatic carbocycles. The lowest BCUT2D eigenvalue weighted by molar-refractivity contribution is 0.102. The summed E-state index contributed by atoms with van der Waals surface area (Å²) in [5.41, 5.74) is 0.859. The molecule has 0 fully saturated rings. The fraction of sp³-hybridized carbons (Fsp3) is 0.0526. The van der Waals surface area contributed by atoms with E-state index in [1.54, 1.807) is 48.7 Å². The van der Waals surface area contributed by atoms with Gasteiger partial charge in [0.25, 0.3) is 11.5 Å². The highest BCUT2D eigenvalue weighted by Gasteiger charge is 2.13. The van der Waals surface area contributed by atoms with Crippen molar-refractivity contribution in [3.05, 3.63) is 99.2 Å². The molecule has 0 bridgehead atoms. The van der Waals surface area contributed by atoms with E-state index in [2.05, 4.69) is 5.32 Å². The first kappa shape index (κ1) is 16.9. The van der Waals surface area contributed by atoms with Gasteiger partial charge in [-0.2, -0.15) is 0 Å². The number of hydrogen-bond donors (Lipinski definition) is 1. The van der Waals surface area contributed by atoms with Gasteiger partial charge in [-0.3, -0.25) is 9.59 Å². The summed E-state index contributed by atoms with van der Waals surface area (Å²) < 4.78 is 14.4. The van der Waals surface area contributed by atoms with Gasteiger partial charge >= 0.3 is 0 Å². The van der Waals surface area contributed by atoms with Crippen molar-refractivity contribution in [3.8, 4) is 0 Å². The molecule has 126 valence electrons. The molecule has 3 rings (SSSR count). The average molecular weight is 357 g/mol. The predicted molar refractivity (Wildman–Crippen MR) is 95.6 cm³/mol. The van der Waals surface area contributed by atoms with Gasteiger partial charge in [-0.25, -0.2) is 4.39 Å². The zero-order valence-corrected chi connectivity index (χ0v) is 13.8. The summed E-state index contributed by atoms with van der Waals surface area (Å²) in [5.74, 6) is -0.855. The number of hydrogen-bond acceptors (Lipinski definition) is 2. The molecule has 0 aliphatic heterocycles. The van der Waals surface area contributed by atoms with Crippen LogP contribution >= 0.6 is 11.6 Å². The molecule has 0 radical (unpaired) electrons. The van der Waals surface area contributed by atoms with Gasteiger partial charge in [0.15, 0.2) is 0 Å². The van der Waals surface area contributed by atoms with E-state index in [0.717, 1.165) is 5.56 Å². The molecule has 0 aliphatic carbocycles. The standard InChI is InChI=1S/C19H14ClFN2O2/c20-14-3-1-4-16(11-14)22-18(24)17-5-2-10-23(19(17)25)12-13-6-8-15(21)9-7-13/h1-11H,12H2,(H,22,24). The van der Waals surface area contributed by atoms with Crippen molar-refractivity contribution in [2.24, 2.45) is 0 Å². The van der Waals surface area contributed by atoms with Crippen molar-refractivity contribution in [2.75, 3.05) is 5.32 Å². The normalized spacial score (nSPS) is 10.5. The first-order valence-corrected chi connectivity index (χ1v) is 7.91. The third kappa shape index (κ3) is 4.14. The monoisotopic (exact) mass is 356 g/mol. The highest BCUT2D eigenvalue weighted by Crippen LogP contribution is 2.15. The third-order valence-electron chi connectivity index (χ3n) is 3.61. The Bertz CT molecular complexity index is 968. The summed E-state index contributed by atoms with van der Waals surface area (Å²) in [6.45, 7) is 0.247. The number of carbonyl (C=O) groups excluding carboxylic acids is 1. The van der Waals surface area contributed by atoms with E-state index in [1.165, 1.54) is 22.8 Å². The molecule has 1 amide bonds. The summed E-state index contributed by atoms with van der Waals surface area (Å²) in [7, 11) is 0. The van der Waals surface area contributed by atoms with Crippen LogP contribution in [0, 0.1) is 5.82 Å². The van der Waals surface area contributed by atoms with Crippen LogP contribution < -0.4 is 10.9 Å².